The first-order valence-electron chi connectivity index (χ1n) is 6.63. The molecule has 0 fully saturated rings. The molecule has 0 spiro atoms. The number of carbonyl (C=O) groups excluding carboxylic acids is 1. The van der Waals surface area contributed by atoms with E-state index >= 15 is 0 Å². The number of esters is 1. The van der Waals surface area contributed by atoms with Gasteiger partial charge in [-0.1, -0.05) is 38.2 Å². The number of hydrogen-bond acceptors (Lipinski definition) is 2. The van der Waals surface area contributed by atoms with Crippen LogP contribution >= 0.6 is 11.6 Å². The molecule has 0 saturated carbocycles. The Balaban J connectivity index is 2.70. The van der Waals surface area contributed by atoms with Crippen LogP contribution in [0.4, 0.5) is 0 Å². The van der Waals surface area contributed by atoms with Crippen molar-refractivity contribution in [3.05, 3.63) is 36.1 Å². The zero-order chi connectivity index (χ0) is 14.6. The van der Waals surface area contributed by atoms with Gasteiger partial charge in [-0.15, -0.1) is 11.6 Å². The molecule has 0 aromatic heterocycles. The van der Waals surface area contributed by atoms with E-state index in [0.717, 1.165) is 12.8 Å². The van der Waals surface area contributed by atoms with E-state index in [4.69, 9.17) is 16.3 Å². The molecule has 1 rings (SSSR count). The van der Waals surface area contributed by atoms with Crippen molar-refractivity contribution in [1.82, 2.24) is 0 Å². The molecular weight excluding hydrogens is 260 g/mol. The minimum Gasteiger partial charge on any atom is -0.426 e. The predicted molar refractivity (Wildman–Crippen MR) is 79.9 cm³/mol. The Kier molecular flexibility index (Phi) is 5.42. The fraction of sp³-hybridized carbons (Fsp3) is 0.562. The molecule has 0 aliphatic heterocycles. The maximum atomic E-state index is 11.3. The summed E-state index contributed by atoms with van der Waals surface area (Å²) in [5.74, 6) is 0.225. The topological polar surface area (TPSA) is 26.3 Å². The third-order valence-electron chi connectivity index (χ3n) is 3.62. The highest BCUT2D eigenvalue weighted by Crippen LogP contribution is 2.41. The first-order valence-corrected chi connectivity index (χ1v) is 7.07. The quantitative estimate of drug-likeness (QED) is 0.247. The molecule has 0 radical (unpaired) electrons. The molecule has 0 saturated heterocycles. The van der Waals surface area contributed by atoms with Crippen molar-refractivity contribution in [2.45, 2.75) is 45.9 Å². The van der Waals surface area contributed by atoms with Gasteiger partial charge < -0.3 is 4.74 Å². The smallest absolute Gasteiger partial charge is 0.329 e. The number of allylic oxidation sites excluding steroid dienone is 4. The molecular formula is C16H23ClO2. The van der Waals surface area contributed by atoms with E-state index in [1.165, 1.54) is 5.57 Å². The summed E-state index contributed by atoms with van der Waals surface area (Å²) in [6.07, 6.45) is 8.40. The van der Waals surface area contributed by atoms with Crippen LogP contribution in [0.1, 0.15) is 40.5 Å². The molecule has 2 atom stereocenters. The summed E-state index contributed by atoms with van der Waals surface area (Å²) in [4.78, 5) is 11.3. The van der Waals surface area contributed by atoms with Crippen LogP contribution in [0, 0.1) is 11.3 Å². The maximum Gasteiger partial charge on any atom is 0.329 e. The summed E-state index contributed by atoms with van der Waals surface area (Å²) in [5.41, 5.74) is 1.58. The molecule has 0 heterocycles. The summed E-state index contributed by atoms with van der Waals surface area (Å²) < 4.78 is 5.03. The van der Waals surface area contributed by atoms with Crippen LogP contribution in [0.5, 0.6) is 0 Å². The van der Waals surface area contributed by atoms with Crippen molar-refractivity contribution in [3.8, 4) is 0 Å². The van der Waals surface area contributed by atoms with Gasteiger partial charge in [-0.05, 0) is 38.2 Å². The number of hydrogen-bond donors (Lipinski definition) is 0. The van der Waals surface area contributed by atoms with Gasteiger partial charge >= 0.3 is 5.97 Å². The van der Waals surface area contributed by atoms with Gasteiger partial charge in [-0.25, -0.2) is 0 Å². The van der Waals surface area contributed by atoms with E-state index in [0.29, 0.717) is 11.7 Å². The fourth-order valence-corrected chi connectivity index (χ4v) is 2.48. The lowest BCUT2D eigenvalue weighted by Crippen LogP contribution is -2.26. The summed E-state index contributed by atoms with van der Waals surface area (Å²) >= 11 is 5.64. The van der Waals surface area contributed by atoms with Crippen molar-refractivity contribution in [2.24, 2.45) is 11.3 Å². The second kappa shape index (κ2) is 6.42. The first-order chi connectivity index (χ1) is 8.74. The van der Waals surface area contributed by atoms with E-state index in [1.807, 2.05) is 0 Å². The Hall–Kier alpha value is -1.02. The van der Waals surface area contributed by atoms with E-state index in [-0.39, 0.29) is 5.41 Å². The SMILES string of the molecule is C=C(/C=C/C1C(C)=CCCC1(C)C)OC(=O)C(C)Cl. The largest absolute Gasteiger partial charge is 0.426 e. The monoisotopic (exact) mass is 282 g/mol. The second-order valence-electron chi connectivity index (χ2n) is 5.82. The molecule has 3 heteroatoms. The van der Waals surface area contributed by atoms with E-state index in [2.05, 4.69) is 39.5 Å². The first kappa shape index (κ1) is 16.0. The Labute approximate surface area is 121 Å². The van der Waals surface area contributed by atoms with Crippen LogP contribution in [0.2, 0.25) is 0 Å². The zero-order valence-electron chi connectivity index (χ0n) is 12.2. The number of rotatable bonds is 4. The molecule has 0 amide bonds. The minimum absolute atomic E-state index is 0.222. The van der Waals surface area contributed by atoms with Crippen LogP contribution in [-0.2, 0) is 9.53 Å². The van der Waals surface area contributed by atoms with E-state index in [9.17, 15) is 4.79 Å². The summed E-state index contributed by atoms with van der Waals surface area (Å²) in [6.45, 7) is 12.0. The lowest BCUT2D eigenvalue weighted by molar-refractivity contribution is -0.138. The Morgan fingerprint density at radius 2 is 2.26 bits per heavy atom. The van der Waals surface area contributed by atoms with Gasteiger partial charge in [-0.2, -0.15) is 0 Å². The standard InChI is InChI=1S/C16H23ClO2/c1-11-7-6-10-16(4,5)14(11)9-8-12(2)19-15(18)13(3)17/h7-9,13-14H,2,6,10H2,1,3-5H3/b9-8+. The van der Waals surface area contributed by atoms with Gasteiger partial charge in [0, 0.05) is 5.92 Å². The van der Waals surface area contributed by atoms with Crippen molar-refractivity contribution in [3.63, 3.8) is 0 Å². The Bertz CT molecular complexity index is 416. The highest BCUT2D eigenvalue weighted by molar-refractivity contribution is 6.29. The van der Waals surface area contributed by atoms with Gasteiger partial charge in [0.1, 0.15) is 11.1 Å². The predicted octanol–water partition coefficient (Wildman–Crippen LogP) is 4.61. The Morgan fingerprint density at radius 1 is 1.63 bits per heavy atom. The van der Waals surface area contributed by atoms with Gasteiger partial charge in [0.15, 0.2) is 0 Å². The lowest BCUT2D eigenvalue weighted by Gasteiger charge is -2.36. The van der Waals surface area contributed by atoms with Gasteiger partial charge in [0.05, 0.1) is 0 Å². The number of carbonyl (C=O) groups is 1. The molecule has 2 unspecified atom stereocenters. The average molecular weight is 283 g/mol. The maximum absolute atomic E-state index is 11.3. The van der Waals surface area contributed by atoms with Crippen molar-refractivity contribution < 1.29 is 9.53 Å². The third kappa shape index (κ3) is 4.54. The molecule has 0 N–H and O–H groups in total. The number of alkyl halides is 1. The van der Waals surface area contributed by atoms with Crippen molar-refractivity contribution in [2.75, 3.05) is 0 Å². The van der Waals surface area contributed by atoms with Crippen molar-refractivity contribution in [1.29, 1.82) is 0 Å². The summed E-state index contributed by atoms with van der Waals surface area (Å²) in [7, 11) is 0. The Morgan fingerprint density at radius 3 is 2.79 bits per heavy atom. The second-order valence-corrected chi connectivity index (χ2v) is 6.47. The highest BCUT2D eigenvalue weighted by atomic mass is 35.5. The normalized spacial score (nSPS) is 23.8. The summed E-state index contributed by atoms with van der Waals surface area (Å²) in [5, 5.41) is -0.655. The van der Waals surface area contributed by atoms with E-state index < -0.39 is 11.3 Å². The van der Waals surface area contributed by atoms with Gasteiger partial charge in [-0.3, -0.25) is 4.79 Å². The molecule has 1 aliphatic carbocycles. The van der Waals surface area contributed by atoms with Crippen molar-refractivity contribution >= 4 is 17.6 Å². The van der Waals surface area contributed by atoms with Crippen LogP contribution in [-0.4, -0.2) is 11.3 Å². The van der Waals surface area contributed by atoms with Gasteiger partial charge in [0.25, 0.3) is 0 Å². The molecule has 106 valence electrons. The molecule has 0 aromatic rings. The molecule has 2 nitrogen and oxygen atoms in total. The fourth-order valence-electron chi connectivity index (χ4n) is 2.43. The minimum atomic E-state index is -0.655. The van der Waals surface area contributed by atoms with Crippen LogP contribution in [0.3, 0.4) is 0 Å². The van der Waals surface area contributed by atoms with Gasteiger partial charge in [0.2, 0.25) is 0 Å². The van der Waals surface area contributed by atoms with Crippen LogP contribution in [0.25, 0.3) is 0 Å². The third-order valence-corrected chi connectivity index (χ3v) is 3.80. The molecule has 19 heavy (non-hydrogen) atoms. The lowest BCUT2D eigenvalue weighted by atomic mass is 9.68. The average Bonchev–Trinajstić information content (AvgIpc) is 2.27. The summed E-state index contributed by atoms with van der Waals surface area (Å²) in [6, 6.07) is 0. The molecule has 1 aliphatic rings. The molecule has 0 bridgehead atoms. The number of halogens is 1. The van der Waals surface area contributed by atoms with Crippen LogP contribution < -0.4 is 0 Å². The number of ether oxygens (including phenoxy) is 1. The van der Waals surface area contributed by atoms with E-state index in [1.54, 1.807) is 13.0 Å². The zero-order valence-corrected chi connectivity index (χ0v) is 13.0. The molecule has 0 aromatic carbocycles. The highest BCUT2D eigenvalue weighted by Gasteiger charge is 2.30. The van der Waals surface area contributed by atoms with Crippen LogP contribution in [0.15, 0.2) is 36.1 Å².